The summed E-state index contributed by atoms with van der Waals surface area (Å²) in [5.74, 6) is 0.233. The number of halogens is 2. The highest BCUT2D eigenvalue weighted by atomic mass is 35.5. The molecule has 0 saturated heterocycles. The summed E-state index contributed by atoms with van der Waals surface area (Å²) in [6.45, 7) is 3.97. The number of imidazole rings is 1. The van der Waals surface area contributed by atoms with Gasteiger partial charge in [-0.25, -0.2) is 4.98 Å². The van der Waals surface area contributed by atoms with E-state index in [1.807, 2.05) is 13.8 Å². The van der Waals surface area contributed by atoms with E-state index in [0.717, 1.165) is 11.4 Å². The molecule has 3 nitrogen and oxygen atoms in total. The minimum atomic E-state index is -0.0780. The molecule has 2 rings (SSSR count). The van der Waals surface area contributed by atoms with Crippen LogP contribution in [0.1, 0.15) is 31.2 Å². The van der Waals surface area contributed by atoms with Gasteiger partial charge in [-0.3, -0.25) is 4.40 Å². The maximum atomic E-state index is 9.39. The van der Waals surface area contributed by atoms with Crippen LogP contribution in [0.4, 0.5) is 0 Å². The monoisotopic (exact) mass is 258 g/mol. The van der Waals surface area contributed by atoms with E-state index in [9.17, 15) is 5.11 Å². The van der Waals surface area contributed by atoms with Crippen LogP contribution in [-0.4, -0.2) is 14.5 Å². The normalized spacial score (nSPS) is 11.6. The molecule has 16 heavy (non-hydrogen) atoms. The lowest BCUT2D eigenvalue weighted by Crippen LogP contribution is -1.98. The Kier molecular flexibility index (Phi) is 3.10. The molecule has 0 fully saturated rings. The molecular formula is C11H12Cl2N2O. The number of fused-ring (bicyclic) bond motifs is 1. The third kappa shape index (κ3) is 1.79. The number of pyridine rings is 1. The lowest BCUT2D eigenvalue weighted by Gasteiger charge is -2.04. The van der Waals surface area contributed by atoms with Crippen LogP contribution in [0.5, 0.6) is 0 Å². The molecule has 0 spiro atoms. The summed E-state index contributed by atoms with van der Waals surface area (Å²) in [4.78, 5) is 4.44. The van der Waals surface area contributed by atoms with Crippen LogP contribution in [0.3, 0.4) is 0 Å². The van der Waals surface area contributed by atoms with Gasteiger partial charge in [0.05, 0.1) is 28.0 Å². The molecule has 0 aromatic carbocycles. The quantitative estimate of drug-likeness (QED) is 0.898. The van der Waals surface area contributed by atoms with Crippen LogP contribution in [0.15, 0.2) is 12.3 Å². The Balaban J connectivity index is 2.82. The largest absolute Gasteiger partial charge is 0.390 e. The molecule has 0 bridgehead atoms. The first-order valence-electron chi connectivity index (χ1n) is 5.01. The second-order valence-corrected chi connectivity index (χ2v) is 4.80. The fourth-order valence-electron chi connectivity index (χ4n) is 1.76. The molecule has 0 aliphatic carbocycles. The Hall–Kier alpha value is -0.770. The average molecular weight is 259 g/mol. The van der Waals surface area contributed by atoms with E-state index in [2.05, 4.69) is 4.98 Å². The van der Waals surface area contributed by atoms with E-state index >= 15 is 0 Å². The van der Waals surface area contributed by atoms with Crippen molar-refractivity contribution in [2.75, 3.05) is 0 Å². The smallest absolute Gasteiger partial charge is 0.156 e. The summed E-state index contributed by atoms with van der Waals surface area (Å²) in [5, 5.41) is 10.4. The third-order valence-electron chi connectivity index (χ3n) is 2.47. The van der Waals surface area contributed by atoms with Gasteiger partial charge in [0.1, 0.15) is 0 Å². The second-order valence-electron chi connectivity index (χ2n) is 3.96. The predicted molar refractivity (Wildman–Crippen MR) is 65.2 cm³/mol. The fraction of sp³-hybridized carbons (Fsp3) is 0.364. The highest BCUT2D eigenvalue weighted by Gasteiger charge is 2.16. The van der Waals surface area contributed by atoms with Crippen molar-refractivity contribution in [1.29, 1.82) is 0 Å². The Labute approximate surface area is 104 Å². The van der Waals surface area contributed by atoms with Crippen molar-refractivity contribution in [1.82, 2.24) is 9.38 Å². The van der Waals surface area contributed by atoms with Gasteiger partial charge >= 0.3 is 0 Å². The zero-order valence-corrected chi connectivity index (χ0v) is 10.5. The Morgan fingerprint density at radius 2 is 2.12 bits per heavy atom. The maximum Gasteiger partial charge on any atom is 0.156 e. The molecule has 0 atom stereocenters. The molecule has 0 radical (unpaired) electrons. The molecule has 2 aromatic rings. The lowest BCUT2D eigenvalue weighted by molar-refractivity contribution is 0.274. The van der Waals surface area contributed by atoms with Gasteiger partial charge in [0.25, 0.3) is 0 Å². The van der Waals surface area contributed by atoms with Gasteiger partial charge in [0, 0.05) is 6.20 Å². The SMILES string of the molecule is CC(C)c1nc2c(Cl)cc(Cl)cn2c1CO. The Bertz CT molecular complexity index is 534. The van der Waals surface area contributed by atoms with Gasteiger partial charge in [-0.2, -0.15) is 0 Å². The number of aliphatic hydroxyl groups is 1. The second kappa shape index (κ2) is 4.24. The molecule has 2 heterocycles. The van der Waals surface area contributed by atoms with Crippen molar-refractivity contribution < 1.29 is 5.11 Å². The van der Waals surface area contributed by atoms with E-state index in [4.69, 9.17) is 23.2 Å². The van der Waals surface area contributed by atoms with Crippen LogP contribution < -0.4 is 0 Å². The third-order valence-corrected chi connectivity index (χ3v) is 2.95. The van der Waals surface area contributed by atoms with Crippen molar-refractivity contribution in [3.63, 3.8) is 0 Å². The van der Waals surface area contributed by atoms with Gasteiger partial charge in [0.2, 0.25) is 0 Å². The highest BCUT2D eigenvalue weighted by Crippen LogP contribution is 2.27. The van der Waals surface area contributed by atoms with Crippen molar-refractivity contribution in [2.24, 2.45) is 0 Å². The molecule has 0 saturated carbocycles. The number of aromatic nitrogens is 2. The van der Waals surface area contributed by atoms with E-state index in [-0.39, 0.29) is 12.5 Å². The van der Waals surface area contributed by atoms with Crippen molar-refractivity contribution in [3.8, 4) is 0 Å². The molecule has 0 amide bonds. The average Bonchev–Trinajstić information content (AvgIpc) is 2.56. The van der Waals surface area contributed by atoms with Crippen LogP contribution in [0, 0.1) is 0 Å². The van der Waals surface area contributed by atoms with Crippen LogP contribution in [0.2, 0.25) is 10.0 Å². The number of hydrogen-bond donors (Lipinski definition) is 1. The summed E-state index contributed by atoms with van der Waals surface area (Å²) in [6.07, 6.45) is 1.72. The number of hydrogen-bond acceptors (Lipinski definition) is 2. The molecule has 1 N–H and O–H groups in total. The number of aliphatic hydroxyl groups excluding tert-OH is 1. The predicted octanol–water partition coefficient (Wildman–Crippen LogP) is 3.26. The van der Waals surface area contributed by atoms with Crippen LogP contribution in [0.25, 0.3) is 5.65 Å². The molecular weight excluding hydrogens is 247 g/mol. The Morgan fingerprint density at radius 1 is 1.44 bits per heavy atom. The maximum absolute atomic E-state index is 9.39. The van der Waals surface area contributed by atoms with Gasteiger partial charge in [-0.1, -0.05) is 37.0 Å². The molecule has 0 aliphatic heterocycles. The number of nitrogens with zero attached hydrogens (tertiary/aromatic N) is 2. The molecule has 0 aliphatic rings. The van der Waals surface area contributed by atoms with E-state index in [0.29, 0.717) is 15.7 Å². The molecule has 2 aromatic heterocycles. The first-order valence-corrected chi connectivity index (χ1v) is 5.77. The summed E-state index contributed by atoms with van der Waals surface area (Å²) in [5.41, 5.74) is 2.24. The topological polar surface area (TPSA) is 37.5 Å². The van der Waals surface area contributed by atoms with Crippen LogP contribution in [-0.2, 0) is 6.61 Å². The van der Waals surface area contributed by atoms with Gasteiger partial charge < -0.3 is 5.11 Å². The van der Waals surface area contributed by atoms with Crippen LogP contribution >= 0.6 is 23.2 Å². The van der Waals surface area contributed by atoms with E-state index in [1.54, 1.807) is 16.7 Å². The zero-order valence-electron chi connectivity index (χ0n) is 9.04. The van der Waals surface area contributed by atoms with Gasteiger partial charge in [0.15, 0.2) is 5.65 Å². The first-order chi connectivity index (χ1) is 7.54. The minimum absolute atomic E-state index is 0.0780. The number of rotatable bonds is 2. The molecule has 86 valence electrons. The summed E-state index contributed by atoms with van der Waals surface area (Å²) < 4.78 is 1.75. The fourth-order valence-corrected chi connectivity index (χ4v) is 2.27. The molecule has 0 unspecified atom stereocenters. The summed E-state index contributed by atoms with van der Waals surface area (Å²) in [7, 11) is 0. The van der Waals surface area contributed by atoms with Crippen molar-refractivity contribution in [2.45, 2.75) is 26.4 Å². The summed E-state index contributed by atoms with van der Waals surface area (Å²) in [6, 6.07) is 1.65. The first kappa shape index (κ1) is 11.7. The van der Waals surface area contributed by atoms with E-state index < -0.39 is 0 Å². The zero-order chi connectivity index (χ0) is 11.9. The minimum Gasteiger partial charge on any atom is -0.390 e. The van der Waals surface area contributed by atoms with E-state index in [1.165, 1.54) is 0 Å². The van der Waals surface area contributed by atoms with Gasteiger partial charge in [-0.15, -0.1) is 0 Å². The Morgan fingerprint density at radius 3 is 2.69 bits per heavy atom. The van der Waals surface area contributed by atoms with Gasteiger partial charge in [-0.05, 0) is 12.0 Å². The van der Waals surface area contributed by atoms with Crippen molar-refractivity contribution in [3.05, 3.63) is 33.7 Å². The van der Waals surface area contributed by atoms with Crippen molar-refractivity contribution >= 4 is 28.8 Å². The highest BCUT2D eigenvalue weighted by molar-refractivity contribution is 6.36. The molecule has 5 heteroatoms. The summed E-state index contributed by atoms with van der Waals surface area (Å²) >= 11 is 12.0. The standard InChI is InChI=1S/C11H12Cl2N2O/c1-6(2)10-9(5-16)15-4-7(12)3-8(13)11(15)14-10/h3-4,6,16H,5H2,1-2H3. The lowest BCUT2D eigenvalue weighted by atomic mass is 10.1.